The maximum atomic E-state index is 2.54. The average molecular weight is 860 g/mol. The van der Waals surface area contributed by atoms with Gasteiger partial charge in [0.1, 0.15) is 0 Å². The molecule has 66 heavy (non-hydrogen) atoms. The fourth-order valence-electron chi connectivity index (χ4n) is 11.6. The fraction of sp³-hybridized carbons (Fsp3) is 0.0625. The van der Waals surface area contributed by atoms with Gasteiger partial charge < -0.3 is 4.90 Å². The lowest BCUT2D eigenvalue weighted by Gasteiger charge is -2.34. The van der Waals surface area contributed by atoms with E-state index in [4.69, 9.17) is 0 Å². The third-order valence-electron chi connectivity index (χ3n) is 14.5. The highest BCUT2D eigenvalue weighted by atomic mass is 32.1. The van der Waals surface area contributed by atoms with Crippen LogP contribution in [0.15, 0.2) is 237 Å². The molecule has 2 aliphatic carbocycles. The number of hydrogen-bond donors (Lipinski definition) is 0. The second kappa shape index (κ2) is 14.9. The normalized spacial score (nSPS) is 13.8. The van der Waals surface area contributed by atoms with Crippen molar-refractivity contribution in [2.45, 2.75) is 24.7 Å². The van der Waals surface area contributed by atoms with Gasteiger partial charge in [0.25, 0.3) is 0 Å². The molecule has 0 amide bonds. The van der Waals surface area contributed by atoms with Crippen LogP contribution in [0.2, 0.25) is 0 Å². The molecule has 13 rings (SSSR count). The molecule has 2 aliphatic rings. The second-order valence-corrected chi connectivity index (χ2v) is 19.5. The van der Waals surface area contributed by atoms with Crippen molar-refractivity contribution < 1.29 is 0 Å². The molecule has 1 heterocycles. The molecule has 11 aromatic rings. The van der Waals surface area contributed by atoms with E-state index in [-0.39, 0.29) is 5.41 Å². The van der Waals surface area contributed by atoms with Crippen molar-refractivity contribution in [3.05, 3.63) is 270 Å². The van der Waals surface area contributed by atoms with E-state index in [0.717, 1.165) is 17.1 Å². The quantitative estimate of drug-likeness (QED) is 0.154. The zero-order valence-corrected chi connectivity index (χ0v) is 37.7. The minimum Gasteiger partial charge on any atom is -0.310 e. The van der Waals surface area contributed by atoms with Crippen molar-refractivity contribution in [2.24, 2.45) is 0 Å². The lowest BCUT2D eigenvalue weighted by molar-refractivity contribution is 0.660. The summed E-state index contributed by atoms with van der Waals surface area (Å²) in [5, 5.41) is 2.57. The topological polar surface area (TPSA) is 3.24 Å². The second-order valence-electron chi connectivity index (χ2n) is 18.4. The van der Waals surface area contributed by atoms with Crippen LogP contribution in [0.4, 0.5) is 17.1 Å². The molecule has 0 unspecified atom stereocenters. The first-order valence-electron chi connectivity index (χ1n) is 23.0. The number of benzene rings is 10. The Balaban J connectivity index is 1.08. The molecule has 0 aliphatic heterocycles. The van der Waals surface area contributed by atoms with Crippen LogP contribution < -0.4 is 4.90 Å². The van der Waals surface area contributed by atoms with Crippen molar-refractivity contribution >= 4 is 48.6 Å². The molecule has 1 aromatic heterocycles. The summed E-state index contributed by atoms with van der Waals surface area (Å²) in [6.07, 6.45) is 0. The Morgan fingerprint density at radius 2 is 0.864 bits per heavy atom. The van der Waals surface area contributed by atoms with Crippen LogP contribution in [0.25, 0.3) is 64.7 Å². The van der Waals surface area contributed by atoms with E-state index in [0.29, 0.717) is 0 Å². The van der Waals surface area contributed by atoms with Gasteiger partial charge in [-0.2, -0.15) is 0 Å². The van der Waals surface area contributed by atoms with Crippen molar-refractivity contribution in [3.8, 4) is 44.5 Å². The summed E-state index contributed by atoms with van der Waals surface area (Å²) in [4.78, 5) is 2.47. The minimum atomic E-state index is -0.503. The van der Waals surface area contributed by atoms with Gasteiger partial charge >= 0.3 is 0 Å². The summed E-state index contributed by atoms with van der Waals surface area (Å²) < 4.78 is 2.57. The Bertz CT molecular complexity index is 3600. The molecule has 0 saturated carbocycles. The SMILES string of the molecule is CC1(C)c2ccccc2-c2ccc(N(c3ccc(-c4ccccc4)cc3)c3ccc4sc5cc6c(c(-c7ccccc7)c5c4c3)-c3ccccc3C6(c3ccccc3)c3ccccc3)cc21. The molecule has 0 bridgehead atoms. The minimum absolute atomic E-state index is 0.131. The van der Waals surface area contributed by atoms with Crippen LogP contribution in [0.3, 0.4) is 0 Å². The van der Waals surface area contributed by atoms with E-state index >= 15 is 0 Å². The Morgan fingerprint density at radius 3 is 1.55 bits per heavy atom. The van der Waals surface area contributed by atoms with Gasteiger partial charge in [0, 0.05) is 42.6 Å². The third kappa shape index (κ3) is 5.65. The highest BCUT2D eigenvalue weighted by molar-refractivity contribution is 7.26. The van der Waals surface area contributed by atoms with Crippen molar-refractivity contribution in [2.75, 3.05) is 4.90 Å². The van der Waals surface area contributed by atoms with Crippen LogP contribution >= 0.6 is 11.3 Å². The zero-order chi connectivity index (χ0) is 44.0. The molecule has 10 aromatic carbocycles. The smallest absolute Gasteiger partial charge is 0.0714 e. The highest BCUT2D eigenvalue weighted by Crippen LogP contribution is 2.61. The van der Waals surface area contributed by atoms with E-state index in [2.05, 4.69) is 255 Å². The van der Waals surface area contributed by atoms with Crippen molar-refractivity contribution in [1.82, 2.24) is 0 Å². The number of anilines is 3. The van der Waals surface area contributed by atoms with E-state index in [9.17, 15) is 0 Å². The van der Waals surface area contributed by atoms with Crippen molar-refractivity contribution in [1.29, 1.82) is 0 Å². The van der Waals surface area contributed by atoms with E-state index in [1.807, 2.05) is 11.3 Å². The number of nitrogens with zero attached hydrogens (tertiary/aromatic N) is 1. The monoisotopic (exact) mass is 859 g/mol. The standard InChI is InChI=1S/C64H45NS/c1-63(2)54-29-17-15-27-50(54)51-37-35-49(40-56(51)63)65(47-33-31-43(32-34-47)42-19-7-3-8-20-42)48-36-38-58-53(39-48)62-59(66-58)41-57-61(60(62)44-21-9-4-10-22-44)52-28-16-18-30-55(52)64(57,45-23-11-5-12-24-45)46-25-13-6-14-26-46/h3-41H,1-2H3. The van der Waals surface area contributed by atoms with E-state index in [1.54, 1.807) is 0 Å². The summed E-state index contributed by atoms with van der Waals surface area (Å²) in [6, 6.07) is 88.2. The van der Waals surface area contributed by atoms with Crippen LogP contribution in [-0.4, -0.2) is 0 Å². The van der Waals surface area contributed by atoms with Gasteiger partial charge in [-0.05, 0) is 126 Å². The first kappa shape index (κ1) is 38.7. The average Bonchev–Trinajstić information content (AvgIpc) is 3.97. The summed E-state index contributed by atoms with van der Waals surface area (Å²) in [5.41, 5.74) is 20.9. The molecule has 0 spiro atoms. The predicted molar refractivity (Wildman–Crippen MR) is 280 cm³/mol. The molecule has 2 heteroatoms. The van der Waals surface area contributed by atoms with E-state index < -0.39 is 5.41 Å². The molecule has 1 nitrogen and oxygen atoms in total. The number of rotatable bonds is 7. The van der Waals surface area contributed by atoms with Gasteiger partial charge in [-0.15, -0.1) is 11.3 Å². The van der Waals surface area contributed by atoms with Gasteiger partial charge in [0.05, 0.1) is 5.41 Å². The summed E-state index contributed by atoms with van der Waals surface area (Å²) in [5.74, 6) is 0. The molecule has 0 saturated heterocycles. The van der Waals surface area contributed by atoms with Crippen LogP contribution in [-0.2, 0) is 10.8 Å². The Kier molecular flexibility index (Phi) is 8.72. The maximum absolute atomic E-state index is 2.54. The first-order valence-corrected chi connectivity index (χ1v) is 23.8. The van der Waals surface area contributed by atoms with Crippen LogP contribution in [0, 0.1) is 0 Å². The van der Waals surface area contributed by atoms with Gasteiger partial charge in [0.15, 0.2) is 0 Å². The number of thiophene rings is 1. The molecule has 0 fully saturated rings. The van der Waals surface area contributed by atoms with E-state index in [1.165, 1.54) is 98.1 Å². The Labute approximate surface area is 390 Å². The lowest BCUT2D eigenvalue weighted by atomic mass is 9.67. The summed E-state index contributed by atoms with van der Waals surface area (Å²) in [6.45, 7) is 4.74. The first-order chi connectivity index (χ1) is 32.5. The zero-order valence-electron chi connectivity index (χ0n) is 36.9. The molecule has 0 N–H and O–H groups in total. The molecular formula is C64H45NS. The Morgan fingerprint density at radius 1 is 0.348 bits per heavy atom. The van der Waals surface area contributed by atoms with Gasteiger partial charge in [-0.25, -0.2) is 0 Å². The lowest BCUT2D eigenvalue weighted by Crippen LogP contribution is -2.28. The molecule has 0 atom stereocenters. The van der Waals surface area contributed by atoms with Gasteiger partial charge in [-0.1, -0.05) is 202 Å². The Hall–Kier alpha value is -7.78. The summed E-state index contributed by atoms with van der Waals surface area (Å²) in [7, 11) is 0. The fourth-order valence-corrected chi connectivity index (χ4v) is 12.7. The largest absolute Gasteiger partial charge is 0.310 e. The number of fused-ring (bicyclic) bond motifs is 9. The van der Waals surface area contributed by atoms with Crippen LogP contribution in [0.5, 0.6) is 0 Å². The molecule has 312 valence electrons. The molecule has 0 radical (unpaired) electrons. The van der Waals surface area contributed by atoms with Gasteiger partial charge in [-0.3, -0.25) is 0 Å². The van der Waals surface area contributed by atoms with Crippen molar-refractivity contribution in [3.63, 3.8) is 0 Å². The van der Waals surface area contributed by atoms with Crippen LogP contribution in [0.1, 0.15) is 47.2 Å². The summed E-state index contributed by atoms with van der Waals surface area (Å²) >= 11 is 1.91. The maximum Gasteiger partial charge on any atom is 0.0714 e. The highest BCUT2D eigenvalue weighted by Gasteiger charge is 2.47. The predicted octanol–water partition coefficient (Wildman–Crippen LogP) is 17.5. The number of hydrogen-bond acceptors (Lipinski definition) is 2. The van der Waals surface area contributed by atoms with Gasteiger partial charge in [0.2, 0.25) is 0 Å². The third-order valence-corrected chi connectivity index (χ3v) is 15.7. The molecular weight excluding hydrogens is 815 g/mol.